The van der Waals surface area contributed by atoms with Crippen molar-refractivity contribution < 1.29 is 0 Å². The molecule has 102 valence electrons. The lowest BCUT2D eigenvalue weighted by Gasteiger charge is -2.10. The molecule has 0 unspecified atom stereocenters. The first kappa shape index (κ1) is 14.6. The zero-order chi connectivity index (χ0) is 14.9. The molecule has 0 aliphatic heterocycles. The van der Waals surface area contributed by atoms with Gasteiger partial charge in [0.1, 0.15) is 11.6 Å². The molecule has 0 fully saturated rings. The highest BCUT2D eigenvalue weighted by atomic mass is 35.5. The van der Waals surface area contributed by atoms with E-state index in [2.05, 4.69) is 9.97 Å². The number of thioether (sulfide) groups is 1. The van der Waals surface area contributed by atoms with Crippen LogP contribution in [0.15, 0.2) is 22.1 Å². The molecule has 0 radical (unpaired) electrons. The molecular weight excluding hydrogens is 294 g/mol. The second-order valence-corrected chi connectivity index (χ2v) is 5.53. The van der Waals surface area contributed by atoms with Crippen molar-refractivity contribution in [1.82, 2.24) is 9.97 Å². The van der Waals surface area contributed by atoms with E-state index in [9.17, 15) is 10.1 Å². The SMILES string of the molecule is CSc1nc(-c2cc(C)c(Cl)cc2C)c(C#N)c(=O)[nH]1. The average molecular weight is 306 g/mol. The van der Waals surface area contributed by atoms with Crippen LogP contribution in [0.2, 0.25) is 5.02 Å². The average Bonchev–Trinajstić information content (AvgIpc) is 2.42. The lowest BCUT2D eigenvalue weighted by Crippen LogP contribution is -2.15. The molecule has 20 heavy (non-hydrogen) atoms. The molecular formula is C14H12ClN3OS. The van der Waals surface area contributed by atoms with Crippen LogP contribution in [0.4, 0.5) is 0 Å². The number of hydrogen-bond acceptors (Lipinski definition) is 4. The highest BCUT2D eigenvalue weighted by Crippen LogP contribution is 2.29. The molecule has 4 nitrogen and oxygen atoms in total. The van der Waals surface area contributed by atoms with E-state index in [1.54, 1.807) is 0 Å². The molecule has 1 aromatic heterocycles. The Morgan fingerprint density at radius 2 is 2.05 bits per heavy atom. The summed E-state index contributed by atoms with van der Waals surface area (Å²) >= 11 is 7.40. The van der Waals surface area contributed by atoms with Gasteiger partial charge in [-0.1, -0.05) is 23.4 Å². The molecule has 0 atom stereocenters. The minimum Gasteiger partial charge on any atom is -0.300 e. The van der Waals surface area contributed by atoms with Crippen molar-refractivity contribution in [3.63, 3.8) is 0 Å². The summed E-state index contributed by atoms with van der Waals surface area (Å²) in [7, 11) is 0. The Morgan fingerprint density at radius 3 is 2.65 bits per heavy atom. The van der Waals surface area contributed by atoms with E-state index in [1.807, 2.05) is 38.3 Å². The Bertz CT molecular complexity index is 777. The summed E-state index contributed by atoms with van der Waals surface area (Å²) in [5.41, 5.74) is 2.51. The first-order valence-corrected chi connectivity index (χ1v) is 7.43. The molecule has 6 heteroatoms. The van der Waals surface area contributed by atoms with E-state index in [0.717, 1.165) is 16.7 Å². The van der Waals surface area contributed by atoms with Gasteiger partial charge < -0.3 is 4.98 Å². The van der Waals surface area contributed by atoms with Crippen molar-refractivity contribution in [2.75, 3.05) is 6.26 Å². The number of benzene rings is 1. The van der Waals surface area contributed by atoms with Crippen LogP contribution in [-0.2, 0) is 0 Å². The van der Waals surface area contributed by atoms with Gasteiger partial charge in [0.05, 0.1) is 5.69 Å². The highest BCUT2D eigenvalue weighted by Gasteiger charge is 2.15. The molecule has 1 N–H and O–H groups in total. The molecule has 0 saturated carbocycles. The summed E-state index contributed by atoms with van der Waals surface area (Å²) in [6.07, 6.45) is 1.81. The van der Waals surface area contributed by atoms with E-state index in [-0.39, 0.29) is 5.56 Å². The van der Waals surface area contributed by atoms with Crippen LogP contribution >= 0.6 is 23.4 Å². The van der Waals surface area contributed by atoms with E-state index in [1.165, 1.54) is 11.8 Å². The standard InChI is InChI=1S/C14H12ClN3OS/c1-7-5-11(15)8(2)4-9(7)12-10(6-16)13(19)18-14(17-12)20-3/h4-5H,1-3H3,(H,17,18,19). The smallest absolute Gasteiger partial charge is 0.270 e. The number of rotatable bonds is 2. The zero-order valence-electron chi connectivity index (χ0n) is 11.2. The minimum atomic E-state index is -0.422. The summed E-state index contributed by atoms with van der Waals surface area (Å²) < 4.78 is 0. The van der Waals surface area contributed by atoms with Crippen molar-refractivity contribution in [3.05, 3.63) is 44.2 Å². The van der Waals surface area contributed by atoms with E-state index >= 15 is 0 Å². The van der Waals surface area contributed by atoms with Crippen molar-refractivity contribution in [2.45, 2.75) is 19.0 Å². The second kappa shape index (κ2) is 5.70. The molecule has 2 aromatic rings. The van der Waals surface area contributed by atoms with Crippen LogP contribution in [-0.4, -0.2) is 16.2 Å². The Balaban J connectivity index is 2.82. The number of halogens is 1. The van der Waals surface area contributed by atoms with Crippen molar-refractivity contribution in [1.29, 1.82) is 5.26 Å². The Kier molecular flexibility index (Phi) is 4.17. The van der Waals surface area contributed by atoms with Crippen molar-refractivity contribution in [2.24, 2.45) is 0 Å². The monoisotopic (exact) mass is 305 g/mol. The van der Waals surface area contributed by atoms with Gasteiger partial charge in [0.2, 0.25) is 0 Å². The van der Waals surface area contributed by atoms with Crippen LogP contribution < -0.4 is 5.56 Å². The fourth-order valence-electron chi connectivity index (χ4n) is 1.88. The minimum absolute atomic E-state index is 0.0209. The lowest BCUT2D eigenvalue weighted by atomic mass is 10.00. The summed E-state index contributed by atoms with van der Waals surface area (Å²) in [4.78, 5) is 18.9. The largest absolute Gasteiger partial charge is 0.300 e. The summed E-state index contributed by atoms with van der Waals surface area (Å²) in [6, 6.07) is 5.59. The van der Waals surface area contributed by atoms with Gasteiger partial charge in [0, 0.05) is 10.6 Å². The number of hydrogen-bond donors (Lipinski definition) is 1. The quantitative estimate of drug-likeness (QED) is 0.682. The predicted octanol–water partition coefficient (Wildman–Crippen LogP) is 3.30. The molecule has 0 aliphatic carbocycles. The predicted molar refractivity (Wildman–Crippen MR) is 81.3 cm³/mol. The maximum absolute atomic E-state index is 11.9. The number of H-pyrrole nitrogens is 1. The third-order valence-corrected chi connectivity index (χ3v) is 3.95. The molecule has 0 bridgehead atoms. The van der Waals surface area contributed by atoms with Crippen LogP contribution in [0.3, 0.4) is 0 Å². The van der Waals surface area contributed by atoms with Crippen LogP contribution in [0.1, 0.15) is 16.7 Å². The number of nitriles is 1. The maximum Gasteiger partial charge on any atom is 0.270 e. The van der Waals surface area contributed by atoms with Crippen LogP contribution in [0.5, 0.6) is 0 Å². The van der Waals surface area contributed by atoms with Gasteiger partial charge in [-0.25, -0.2) is 4.98 Å². The molecule has 0 saturated heterocycles. The third-order valence-electron chi connectivity index (χ3n) is 2.96. The fourth-order valence-corrected chi connectivity index (χ4v) is 2.48. The number of aromatic amines is 1. The van der Waals surface area contributed by atoms with Gasteiger partial charge >= 0.3 is 0 Å². The topological polar surface area (TPSA) is 69.5 Å². The zero-order valence-corrected chi connectivity index (χ0v) is 12.8. The van der Waals surface area contributed by atoms with Crippen molar-refractivity contribution in [3.8, 4) is 17.3 Å². The molecule has 0 amide bonds. The Hall–Kier alpha value is -1.77. The summed E-state index contributed by atoms with van der Waals surface area (Å²) in [5, 5.41) is 10.3. The van der Waals surface area contributed by atoms with Gasteiger partial charge in [0.15, 0.2) is 5.16 Å². The Labute approximate surface area is 125 Å². The highest BCUT2D eigenvalue weighted by molar-refractivity contribution is 7.98. The molecule has 0 spiro atoms. The lowest BCUT2D eigenvalue weighted by molar-refractivity contribution is 0.936. The molecule has 1 aromatic carbocycles. The molecule has 0 aliphatic rings. The second-order valence-electron chi connectivity index (χ2n) is 4.33. The maximum atomic E-state index is 11.9. The molecule has 2 rings (SSSR count). The summed E-state index contributed by atoms with van der Waals surface area (Å²) in [5.74, 6) is 0. The summed E-state index contributed by atoms with van der Waals surface area (Å²) in [6.45, 7) is 3.75. The van der Waals surface area contributed by atoms with E-state index in [4.69, 9.17) is 11.6 Å². The first-order chi connectivity index (χ1) is 9.47. The van der Waals surface area contributed by atoms with Gasteiger partial charge in [-0.2, -0.15) is 5.26 Å². The van der Waals surface area contributed by atoms with E-state index in [0.29, 0.717) is 15.9 Å². The van der Waals surface area contributed by atoms with Crippen molar-refractivity contribution >= 4 is 23.4 Å². The van der Waals surface area contributed by atoms with Crippen LogP contribution in [0.25, 0.3) is 11.3 Å². The third kappa shape index (κ3) is 2.58. The molecule has 1 heterocycles. The number of aromatic nitrogens is 2. The Morgan fingerprint density at radius 1 is 1.35 bits per heavy atom. The van der Waals surface area contributed by atoms with Gasteiger partial charge in [0.25, 0.3) is 5.56 Å². The van der Waals surface area contributed by atoms with Gasteiger partial charge in [-0.05, 0) is 43.4 Å². The van der Waals surface area contributed by atoms with Crippen LogP contribution in [0, 0.1) is 25.2 Å². The fraction of sp³-hybridized carbons (Fsp3) is 0.214. The van der Waals surface area contributed by atoms with E-state index < -0.39 is 5.56 Å². The number of nitrogens with zero attached hydrogens (tertiary/aromatic N) is 2. The van der Waals surface area contributed by atoms with Gasteiger partial charge in [-0.3, -0.25) is 4.79 Å². The normalized spacial score (nSPS) is 10.3. The van der Waals surface area contributed by atoms with Gasteiger partial charge in [-0.15, -0.1) is 0 Å². The number of nitrogens with one attached hydrogen (secondary N) is 1. The first-order valence-electron chi connectivity index (χ1n) is 5.83. The number of aryl methyl sites for hydroxylation is 2.